The fourth-order valence-corrected chi connectivity index (χ4v) is 3.46. The summed E-state index contributed by atoms with van der Waals surface area (Å²) in [5.41, 5.74) is 1.12. The maximum Gasteiger partial charge on any atom is 0.435 e. The highest BCUT2D eigenvalue weighted by Crippen LogP contribution is 2.32. The molecule has 0 fully saturated rings. The number of benzene rings is 2. The lowest BCUT2D eigenvalue weighted by Gasteiger charge is -2.13. The van der Waals surface area contributed by atoms with Gasteiger partial charge in [0.2, 0.25) is 5.95 Å². The fraction of sp³-hybridized carbons (Fsp3) is 0.154. The van der Waals surface area contributed by atoms with Gasteiger partial charge in [-0.3, -0.25) is 0 Å². The lowest BCUT2D eigenvalue weighted by atomic mass is 10.0. The Labute approximate surface area is 215 Å². The first-order chi connectivity index (χ1) is 18.2. The maximum absolute atomic E-state index is 13.3. The van der Waals surface area contributed by atoms with E-state index in [0.717, 1.165) is 10.7 Å². The van der Waals surface area contributed by atoms with Gasteiger partial charge in [0.1, 0.15) is 11.5 Å². The molecule has 0 saturated heterocycles. The van der Waals surface area contributed by atoms with Crippen molar-refractivity contribution in [3.05, 3.63) is 78.3 Å². The summed E-state index contributed by atoms with van der Waals surface area (Å²) < 4.78 is 56.1. The van der Waals surface area contributed by atoms with Crippen molar-refractivity contribution >= 4 is 23.7 Å². The number of halogens is 3. The third-order valence-corrected chi connectivity index (χ3v) is 5.28. The molecule has 0 aliphatic heterocycles. The molecule has 0 unspecified atom stereocenters. The van der Waals surface area contributed by atoms with Crippen LogP contribution in [0.25, 0.3) is 23.0 Å². The van der Waals surface area contributed by atoms with E-state index in [1.807, 2.05) is 0 Å². The number of aromatic nitrogens is 4. The van der Waals surface area contributed by atoms with Gasteiger partial charge in [0.15, 0.2) is 11.5 Å². The van der Waals surface area contributed by atoms with Gasteiger partial charge in [-0.25, -0.2) is 14.5 Å². The Morgan fingerprint density at radius 3 is 2.39 bits per heavy atom. The average molecular weight is 525 g/mol. The van der Waals surface area contributed by atoms with Gasteiger partial charge in [-0.2, -0.15) is 23.3 Å². The smallest absolute Gasteiger partial charge is 0.435 e. The number of rotatable bonds is 8. The van der Waals surface area contributed by atoms with Crippen LogP contribution < -0.4 is 14.8 Å². The van der Waals surface area contributed by atoms with Crippen LogP contribution >= 0.6 is 0 Å². The molecule has 9 nitrogen and oxygen atoms in total. The van der Waals surface area contributed by atoms with E-state index in [-0.39, 0.29) is 11.8 Å². The Morgan fingerprint density at radius 2 is 1.76 bits per heavy atom. The minimum Gasteiger partial charge on any atom is -0.497 e. The normalized spacial score (nSPS) is 11.4. The van der Waals surface area contributed by atoms with Crippen molar-refractivity contribution in [3.63, 3.8) is 0 Å². The van der Waals surface area contributed by atoms with Gasteiger partial charge in [0.25, 0.3) is 0 Å². The minimum atomic E-state index is -4.63. The molecule has 0 amide bonds. The number of carbonyl (C=O) groups is 1. The molecule has 12 heteroatoms. The van der Waals surface area contributed by atoms with Gasteiger partial charge in [0, 0.05) is 47.9 Å². The van der Waals surface area contributed by atoms with Crippen molar-refractivity contribution in [2.24, 2.45) is 0 Å². The topological polar surface area (TPSA) is 100 Å². The van der Waals surface area contributed by atoms with E-state index in [9.17, 15) is 18.0 Å². The monoisotopic (exact) mass is 525 g/mol. The zero-order chi connectivity index (χ0) is 27.3. The molecule has 196 valence electrons. The summed E-state index contributed by atoms with van der Waals surface area (Å²) in [7, 11) is 4.28. The second-order valence-corrected chi connectivity index (χ2v) is 7.78. The molecule has 0 radical (unpaired) electrons. The first-order valence-electron chi connectivity index (χ1n) is 11.1. The molecule has 4 aromatic rings. The quantitative estimate of drug-likeness (QED) is 0.245. The van der Waals surface area contributed by atoms with Gasteiger partial charge in [-0.15, -0.1) is 0 Å². The summed E-state index contributed by atoms with van der Waals surface area (Å²) >= 11 is 0. The van der Waals surface area contributed by atoms with Crippen LogP contribution in [-0.2, 0) is 15.7 Å². The SMILES string of the molecule is COC(=O)/C=C/c1cccc(-c2cnc(Nc3cc(OC)cc(OC)c3)nc2-n2ccc(C(F)(F)F)n2)c1. The molecule has 1 N–H and O–H groups in total. The zero-order valence-corrected chi connectivity index (χ0v) is 20.5. The molecule has 38 heavy (non-hydrogen) atoms. The largest absolute Gasteiger partial charge is 0.497 e. The third kappa shape index (κ3) is 6.09. The van der Waals surface area contributed by atoms with E-state index in [2.05, 4.69) is 25.1 Å². The minimum absolute atomic E-state index is 0.0990. The average Bonchev–Trinajstić information content (AvgIpc) is 3.43. The van der Waals surface area contributed by atoms with E-state index in [4.69, 9.17) is 9.47 Å². The molecule has 2 aromatic heterocycles. The van der Waals surface area contributed by atoms with Gasteiger partial charge in [-0.1, -0.05) is 18.2 Å². The Kier molecular flexibility index (Phi) is 7.61. The number of hydrogen-bond donors (Lipinski definition) is 1. The van der Waals surface area contributed by atoms with Crippen molar-refractivity contribution in [1.82, 2.24) is 19.7 Å². The maximum atomic E-state index is 13.3. The second-order valence-electron chi connectivity index (χ2n) is 7.78. The first kappa shape index (κ1) is 26.2. The van der Waals surface area contributed by atoms with E-state index < -0.39 is 17.8 Å². The van der Waals surface area contributed by atoms with Crippen molar-refractivity contribution in [2.45, 2.75) is 6.18 Å². The number of anilines is 2. The number of esters is 1. The van der Waals surface area contributed by atoms with Crippen LogP contribution in [-0.4, -0.2) is 47.0 Å². The lowest BCUT2D eigenvalue weighted by Crippen LogP contribution is -2.10. The molecule has 4 rings (SSSR count). The number of ether oxygens (including phenoxy) is 3. The molecule has 2 heterocycles. The number of alkyl halides is 3. The van der Waals surface area contributed by atoms with Gasteiger partial charge < -0.3 is 19.5 Å². The molecule has 2 aromatic carbocycles. The van der Waals surface area contributed by atoms with Crippen molar-refractivity contribution in [1.29, 1.82) is 0 Å². The van der Waals surface area contributed by atoms with Crippen LogP contribution in [0.2, 0.25) is 0 Å². The van der Waals surface area contributed by atoms with Gasteiger partial charge in [0.05, 0.1) is 21.3 Å². The lowest BCUT2D eigenvalue weighted by molar-refractivity contribution is -0.141. The summed E-state index contributed by atoms with van der Waals surface area (Å²) in [5, 5.41) is 6.71. The Morgan fingerprint density at radius 1 is 1.03 bits per heavy atom. The van der Waals surface area contributed by atoms with Crippen LogP contribution in [0.3, 0.4) is 0 Å². The summed E-state index contributed by atoms with van der Waals surface area (Å²) in [6.45, 7) is 0. The highest BCUT2D eigenvalue weighted by molar-refractivity contribution is 5.87. The number of hydrogen-bond acceptors (Lipinski definition) is 8. The number of carbonyl (C=O) groups excluding carboxylic acids is 1. The third-order valence-electron chi connectivity index (χ3n) is 5.28. The molecule has 0 aliphatic carbocycles. The summed E-state index contributed by atoms with van der Waals surface area (Å²) in [6, 6.07) is 12.9. The predicted octanol–water partition coefficient (Wildman–Crippen LogP) is 5.30. The molecule has 0 aliphatic rings. The molecular formula is C26H22F3N5O4. The fourth-order valence-electron chi connectivity index (χ4n) is 3.46. The van der Waals surface area contributed by atoms with Crippen molar-refractivity contribution < 1.29 is 32.2 Å². The van der Waals surface area contributed by atoms with E-state index >= 15 is 0 Å². The van der Waals surface area contributed by atoms with E-state index in [1.165, 1.54) is 39.8 Å². The molecule has 0 spiro atoms. The zero-order valence-electron chi connectivity index (χ0n) is 20.5. The highest BCUT2D eigenvalue weighted by atomic mass is 19.4. The number of nitrogens with zero attached hydrogens (tertiary/aromatic N) is 4. The summed E-state index contributed by atoms with van der Waals surface area (Å²) in [5.74, 6) is 0.705. The molecule has 0 saturated carbocycles. The summed E-state index contributed by atoms with van der Waals surface area (Å²) in [4.78, 5) is 20.3. The predicted molar refractivity (Wildman–Crippen MR) is 133 cm³/mol. The van der Waals surface area contributed by atoms with Crippen LogP contribution in [0.1, 0.15) is 11.3 Å². The summed E-state index contributed by atoms with van der Waals surface area (Å²) in [6.07, 6.45) is 0.829. The number of nitrogens with one attached hydrogen (secondary N) is 1. The van der Waals surface area contributed by atoms with Crippen LogP contribution in [0, 0.1) is 0 Å². The Balaban J connectivity index is 1.79. The highest BCUT2D eigenvalue weighted by Gasteiger charge is 2.34. The van der Waals surface area contributed by atoms with E-state index in [0.29, 0.717) is 33.9 Å². The van der Waals surface area contributed by atoms with Crippen LogP contribution in [0.15, 0.2) is 67.0 Å². The number of methoxy groups -OCH3 is 3. The van der Waals surface area contributed by atoms with Gasteiger partial charge in [-0.05, 0) is 29.3 Å². The molecular weight excluding hydrogens is 503 g/mol. The van der Waals surface area contributed by atoms with E-state index in [1.54, 1.807) is 48.5 Å². The molecule has 0 bridgehead atoms. The van der Waals surface area contributed by atoms with Crippen molar-refractivity contribution in [2.75, 3.05) is 26.6 Å². The Hall–Kier alpha value is -4.87. The van der Waals surface area contributed by atoms with Gasteiger partial charge >= 0.3 is 12.1 Å². The van der Waals surface area contributed by atoms with Crippen LogP contribution in [0.5, 0.6) is 11.5 Å². The Bertz CT molecular complexity index is 1460. The second kappa shape index (κ2) is 11.0. The standard InChI is InChI=1S/C26H22F3N5O4/c1-36-19-12-18(13-20(14-19)37-2)31-25-30-15-21(17-6-4-5-16(11-17)7-8-23(35)38-3)24(32-25)34-10-9-22(33-34)26(27,28)29/h4-15H,1-3H3,(H,30,31,32)/b8-7+. The van der Waals surface area contributed by atoms with Crippen LogP contribution in [0.4, 0.5) is 24.8 Å². The first-order valence-corrected chi connectivity index (χ1v) is 11.1. The molecule has 0 atom stereocenters. The van der Waals surface area contributed by atoms with Crippen molar-refractivity contribution in [3.8, 4) is 28.4 Å².